The average Bonchev–Trinajstić information content (AvgIpc) is 2.62. The summed E-state index contributed by atoms with van der Waals surface area (Å²) in [7, 11) is 0. The second kappa shape index (κ2) is 5.59. The smallest absolute Gasteiger partial charge is 0.274 e. The third-order valence-electron chi connectivity index (χ3n) is 4.46. The monoisotopic (exact) mass is 323 g/mol. The number of nitrogens with one attached hydrogen (secondary N) is 2. The number of amides is 2. The fraction of sp³-hybridized carbons (Fsp3) is 0.294. The zero-order valence-corrected chi connectivity index (χ0v) is 13.0. The maximum absolute atomic E-state index is 12.6. The molecule has 0 unspecified atom stereocenters. The van der Waals surface area contributed by atoms with E-state index < -0.39 is 5.66 Å². The van der Waals surface area contributed by atoms with Gasteiger partial charge in [-0.05, 0) is 25.0 Å². The summed E-state index contributed by atoms with van der Waals surface area (Å²) < 4.78 is 0. The second-order valence-electron chi connectivity index (χ2n) is 6.13. The number of hydrogen-bond acceptors (Lipinski definition) is 5. The van der Waals surface area contributed by atoms with E-state index in [4.69, 9.17) is 0 Å². The number of likely N-dealkylation sites (tertiary alicyclic amines) is 1. The Hall–Kier alpha value is -2.96. The molecule has 1 saturated heterocycles. The SMILES string of the molecule is O=C1N[C@@]2(CCCN(C(=O)c3cnccn3)C2)Nc2ccccc21. The molecule has 2 amide bonds. The molecule has 122 valence electrons. The van der Waals surface area contributed by atoms with Crippen LogP contribution >= 0.6 is 0 Å². The summed E-state index contributed by atoms with van der Waals surface area (Å²) >= 11 is 0. The van der Waals surface area contributed by atoms with Crippen LogP contribution in [0.15, 0.2) is 42.9 Å². The van der Waals surface area contributed by atoms with Crippen LogP contribution in [-0.2, 0) is 0 Å². The Bertz CT molecular complexity index is 795. The Morgan fingerprint density at radius 2 is 2.08 bits per heavy atom. The fourth-order valence-corrected chi connectivity index (χ4v) is 3.37. The molecule has 0 bridgehead atoms. The normalized spacial score (nSPS) is 22.5. The number of benzene rings is 1. The van der Waals surface area contributed by atoms with Crippen molar-refractivity contribution in [3.05, 3.63) is 54.1 Å². The zero-order valence-electron chi connectivity index (χ0n) is 13.0. The van der Waals surface area contributed by atoms with E-state index in [9.17, 15) is 9.59 Å². The fourth-order valence-electron chi connectivity index (χ4n) is 3.37. The lowest BCUT2D eigenvalue weighted by Gasteiger charge is -2.46. The Morgan fingerprint density at radius 1 is 1.21 bits per heavy atom. The molecule has 2 aliphatic heterocycles. The molecule has 2 N–H and O–H groups in total. The van der Waals surface area contributed by atoms with Gasteiger partial charge in [-0.25, -0.2) is 4.98 Å². The van der Waals surface area contributed by atoms with Gasteiger partial charge in [-0.3, -0.25) is 14.6 Å². The summed E-state index contributed by atoms with van der Waals surface area (Å²) in [6.07, 6.45) is 6.06. The molecule has 1 aromatic carbocycles. The van der Waals surface area contributed by atoms with E-state index in [1.54, 1.807) is 11.0 Å². The van der Waals surface area contributed by atoms with Crippen molar-refractivity contribution in [1.82, 2.24) is 20.2 Å². The molecule has 1 spiro atoms. The Balaban J connectivity index is 1.59. The van der Waals surface area contributed by atoms with E-state index in [0.29, 0.717) is 24.3 Å². The maximum Gasteiger partial charge on any atom is 0.274 e. The van der Waals surface area contributed by atoms with Crippen molar-refractivity contribution in [3.63, 3.8) is 0 Å². The number of rotatable bonds is 1. The minimum atomic E-state index is -0.637. The van der Waals surface area contributed by atoms with Gasteiger partial charge in [0.25, 0.3) is 11.8 Å². The highest BCUT2D eigenvalue weighted by Gasteiger charge is 2.42. The summed E-state index contributed by atoms with van der Waals surface area (Å²) in [4.78, 5) is 34.8. The standard InChI is InChI=1S/C17H17N5O2/c23-15-12-4-1-2-5-13(12)20-17(21-15)6-3-9-22(11-17)16(24)14-10-18-7-8-19-14/h1-2,4-5,7-8,10,20H,3,6,9,11H2,(H,21,23)/t17-/m1/s1. The molecule has 4 rings (SSSR count). The number of anilines is 1. The minimum absolute atomic E-state index is 0.113. The molecule has 2 aromatic rings. The lowest BCUT2D eigenvalue weighted by atomic mass is 9.93. The average molecular weight is 323 g/mol. The van der Waals surface area contributed by atoms with Gasteiger partial charge in [-0.2, -0.15) is 0 Å². The van der Waals surface area contributed by atoms with Crippen molar-refractivity contribution < 1.29 is 9.59 Å². The van der Waals surface area contributed by atoms with Crippen LogP contribution in [0.3, 0.4) is 0 Å². The van der Waals surface area contributed by atoms with Gasteiger partial charge in [-0.15, -0.1) is 0 Å². The first-order valence-electron chi connectivity index (χ1n) is 7.92. The van der Waals surface area contributed by atoms with Crippen LogP contribution < -0.4 is 10.6 Å². The van der Waals surface area contributed by atoms with E-state index in [1.165, 1.54) is 18.6 Å². The highest BCUT2D eigenvalue weighted by molar-refractivity contribution is 6.02. The summed E-state index contributed by atoms with van der Waals surface area (Å²) in [6.45, 7) is 1.03. The van der Waals surface area contributed by atoms with Crippen molar-refractivity contribution >= 4 is 17.5 Å². The van der Waals surface area contributed by atoms with Crippen molar-refractivity contribution in [2.75, 3.05) is 18.4 Å². The van der Waals surface area contributed by atoms with Crippen LogP contribution in [0.5, 0.6) is 0 Å². The van der Waals surface area contributed by atoms with E-state index in [-0.39, 0.29) is 11.8 Å². The molecular formula is C17H17N5O2. The van der Waals surface area contributed by atoms with Crippen LogP contribution in [0.25, 0.3) is 0 Å². The molecule has 2 aliphatic rings. The number of carbonyl (C=O) groups excluding carboxylic acids is 2. The van der Waals surface area contributed by atoms with Crippen molar-refractivity contribution in [2.24, 2.45) is 0 Å². The Kier molecular flexibility index (Phi) is 3.41. The van der Waals surface area contributed by atoms with E-state index in [2.05, 4.69) is 20.6 Å². The van der Waals surface area contributed by atoms with Crippen LogP contribution in [0, 0.1) is 0 Å². The number of para-hydroxylation sites is 1. The molecule has 3 heterocycles. The van der Waals surface area contributed by atoms with Crippen molar-refractivity contribution in [3.8, 4) is 0 Å². The third kappa shape index (κ3) is 2.47. The number of carbonyl (C=O) groups is 2. The second-order valence-corrected chi connectivity index (χ2v) is 6.13. The van der Waals surface area contributed by atoms with Crippen molar-refractivity contribution in [2.45, 2.75) is 18.5 Å². The van der Waals surface area contributed by atoms with Crippen LogP contribution in [0.1, 0.15) is 33.7 Å². The van der Waals surface area contributed by atoms with E-state index in [1.807, 2.05) is 18.2 Å². The van der Waals surface area contributed by atoms with Gasteiger partial charge in [0.15, 0.2) is 0 Å². The van der Waals surface area contributed by atoms with E-state index in [0.717, 1.165) is 18.5 Å². The zero-order chi connectivity index (χ0) is 16.6. The summed E-state index contributed by atoms with van der Waals surface area (Å²) in [5.41, 5.74) is 1.11. The highest BCUT2D eigenvalue weighted by atomic mass is 16.2. The maximum atomic E-state index is 12.6. The number of fused-ring (bicyclic) bond motifs is 1. The lowest BCUT2D eigenvalue weighted by molar-refractivity contribution is 0.0587. The largest absolute Gasteiger partial charge is 0.361 e. The molecule has 1 fully saturated rings. The molecule has 24 heavy (non-hydrogen) atoms. The van der Waals surface area contributed by atoms with Gasteiger partial charge in [-0.1, -0.05) is 12.1 Å². The first-order valence-corrected chi connectivity index (χ1v) is 7.92. The topological polar surface area (TPSA) is 87.2 Å². The first-order chi connectivity index (χ1) is 11.7. The van der Waals surface area contributed by atoms with Gasteiger partial charge >= 0.3 is 0 Å². The number of nitrogens with zero attached hydrogens (tertiary/aromatic N) is 3. The highest BCUT2D eigenvalue weighted by Crippen LogP contribution is 2.30. The summed E-state index contributed by atoms with van der Waals surface area (Å²) in [6, 6.07) is 7.40. The molecule has 7 heteroatoms. The quantitative estimate of drug-likeness (QED) is 0.825. The molecule has 0 radical (unpaired) electrons. The van der Waals surface area contributed by atoms with Gasteiger partial charge < -0.3 is 15.5 Å². The molecule has 1 atom stereocenters. The Morgan fingerprint density at radius 3 is 2.92 bits per heavy atom. The minimum Gasteiger partial charge on any atom is -0.361 e. The molecular weight excluding hydrogens is 306 g/mol. The van der Waals surface area contributed by atoms with Crippen LogP contribution in [0.4, 0.5) is 5.69 Å². The lowest BCUT2D eigenvalue weighted by Crippen LogP contribution is -2.66. The molecule has 0 aliphatic carbocycles. The number of aromatic nitrogens is 2. The van der Waals surface area contributed by atoms with Gasteiger partial charge in [0.1, 0.15) is 11.4 Å². The first kappa shape index (κ1) is 14.6. The summed E-state index contributed by atoms with van der Waals surface area (Å²) in [5, 5.41) is 6.46. The molecule has 0 saturated carbocycles. The number of piperidine rings is 1. The predicted octanol–water partition coefficient (Wildman–Crippen LogP) is 1.26. The van der Waals surface area contributed by atoms with Crippen molar-refractivity contribution in [1.29, 1.82) is 0 Å². The third-order valence-corrected chi connectivity index (χ3v) is 4.46. The van der Waals surface area contributed by atoms with E-state index >= 15 is 0 Å². The predicted molar refractivity (Wildman–Crippen MR) is 87.4 cm³/mol. The summed E-state index contributed by atoms with van der Waals surface area (Å²) in [5.74, 6) is -0.282. The number of hydrogen-bond donors (Lipinski definition) is 2. The Labute approximate surface area is 139 Å². The molecule has 7 nitrogen and oxygen atoms in total. The van der Waals surface area contributed by atoms with Crippen LogP contribution in [-0.4, -0.2) is 45.4 Å². The van der Waals surface area contributed by atoms with Crippen LogP contribution in [0.2, 0.25) is 0 Å². The van der Waals surface area contributed by atoms with Gasteiger partial charge in [0.2, 0.25) is 0 Å². The van der Waals surface area contributed by atoms with Gasteiger partial charge in [0.05, 0.1) is 18.3 Å². The van der Waals surface area contributed by atoms with Gasteiger partial charge in [0, 0.05) is 24.6 Å². The molecule has 1 aromatic heterocycles.